The molecular formula is C17H16Cl3N3. The molecule has 0 spiro atoms. The first-order valence-electron chi connectivity index (χ1n) is 7.43. The molecule has 2 heterocycles. The Hall–Kier alpha value is -1.26. The molecule has 3 aromatic rings. The number of nitrogens with two attached hydrogens (primary N) is 1. The number of aryl methyl sites for hydroxylation is 1. The Labute approximate surface area is 149 Å². The summed E-state index contributed by atoms with van der Waals surface area (Å²) in [5.74, 6) is 0. The SMILES string of the molecule is NCCCCc1c(-c2ncccc2Cl)[nH]c2c(Cl)c(Cl)ccc12. The first-order chi connectivity index (χ1) is 11.1. The Kier molecular flexibility index (Phi) is 5.12. The molecule has 120 valence electrons. The maximum atomic E-state index is 6.36. The lowest BCUT2D eigenvalue weighted by Crippen LogP contribution is -1.99. The van der Waals surface area contributed by atoms with Crippen LogP contribution in [0.2, 0.25) is 15.1 Å². The third kappa shape index (κ3) is 3.20. The minimum absolute atomic E-state index is 0.516. The molecular weight excluding hydrogens is 353 g/mol. The summed E-state index contributed by atoms with van der Waals surface area (Å²) < 4.78 is 0. The molecule has 0 amide bonds. The van der Waals surface area contributed by atoms with E-state index in [4.69, 9.17) is 40.5 Å². The van der Waals surface area contributed by atoms with E-state index in [-0.39, 0.29) is 0 Å². The summed E-state index contributed by atoms with van der Waals surface area (Å²) in [6.07, 6.45) is 4.55. The number of aromatic amines is 1. The van der Waals surface area contributed by atoms with E-state index in [1.54, 1.807) is 6.20 Å². The first-order valence-corrected chi connectivity index (χ1v) is 8.56. The van der Waals surface area contributed by atoms with Gasteiger partial charge in [-0.1, -0.05) is 40.9 Å². The molecule has 1 aromatic carbocycles. The van der Waals surface area contributed by atoms with Gasteiger partial charge in [-0.2, -0.15) is 0 Å². The summed E-state index contributed by atoms with van der Waals surface area (Å²) in [5, 5.41) is 2.68. The highest BCUT2D eigenvalue weighted by molar-refractivity contribution is 6.45. The highest BCUT2D eigenvalue weighted by Gasteiger charge is 2.18. The van der Waals surface area contributed by atoms with Crippen LogP contribution in [0.5, 0.6) is 0 Å². The van der Waals surface area contributed by atoms with Crippen molar-refractivity contribution in [2.24, 2.45) is 5.73 Å². The molecule has 0 aliphatic rings. The van der Waals surface area contributed by atoms with Gasteiger partial charge >= 0.3 is 0 Å². The predicted octanol–water partition coefficient (Wildman–Crippen LogP) is 5.47. The number of hydrogen-bond donors (Lipinski definition) is 2. The van der Waals surface area contributed by atoms with Crippen LogP contribution in [0.1, 0.15) is 18.4 Å². The number of pyridine rings is 1. The van der Waals surface area contributed by atoms with Crippen LogP contribution in [-0.4, -0.2) is 16.5 Å². The largest absolute Gasteiger partial charge is 0.352 e. The van der Waals surface area contributed by atoms with Crippen molar-refractivity contribution in [3.8, 4) is 11.4 Å². The molecule has 2 aromatic heterocycles. The monoisotopic (exact) mass is 367 g/mol. The molecule has 3 nitrogen and oxygen atoms in total. The van der Waals surface area contributed by atoms with Gasteiger partial charge in [0.1, 0.15) is 5.69 Å². The molecule has 3 rings (SSSR count). The van der Waals surface area contributed by atoms with E-state index in [1.807, 2.05) is 24.3 Å². The predicted molar refractivity (Wildman–Crippen MR) is 98.6 cm³/mol. The van der Waals surface area contributed by atoms with Gasteiger partial charge in [0.15, 0.2) is 0 Å². The van der Waals surface area contributed by atoms with Crippen molar-refractivity contribution in [3.05, 3.63) is 51.1 Å². The smallest absolute Gasteiger partial charge is 0.105 e. The molecule has 0 bridgehead atoms. The molecule has 0 radical (unpaired) electrons. The van der Waals surface area contributed by atoms with Crippen molar-refractivity contribution >= 4 is 45.7 Å². The third-order valence-electron chi connectivity index (χ3n) is 3.85. The molecule has 0 saturated heterocycles. The molecule has 0 fully saturated rings. The lowest BCUT2D eigenvalue weighted by Gasteiger charge is -2.06. The number of rotatable bonds is 5. The standard InChI is InChI=1S/C17H16Cl3N3/c18-12-7-6-11-10(4-1-2-8-21)16(23-15(11)14(12)20)17-13(19)5-3-9-22-17/h3,5-7,9,23H,1-2,4,8,21H2. The number of aromatic nitrogens is 2. The van der Waals surface area contributed by atoms with Crippen LogP contribution < -0.4 is 5.73 Å². The summed E-state index contributed by atoms with van der Waals surface area (Å²) >= 11 is 18.8. The van der Waals surface area contributed by atoms with E-state index < -0.39 is 0 Å². The summed E-state index contributed by atoms with van der Waals surface area (Å²) in [6.45, 7) is 0.675. The third-order valence-corrected chi connectivity index (χ3v) is 4.96. The van der Waals surface area contributed by atoms with Crippen LogP contribution in [-0.2, 0) is 6.42 Å². The first kappa shape index (κ1) is 16.6. The molecule has 0 unspecified atom stereocenters. The highest BCUT2D eigenvalue weighted by atomic mass is 35.5. The quantitative estimate of drug-likeness (QED) is 0.586. The second-order valence-corrected chi connectivity index (χ2v) is 6.53. The van der Waals surface area contributed by atoms with Crippen LogP contribution in [0, 0.1) is 0 Å². The number of benzene rings is 1. The Morgan fingerprint density at radius 2 is 1.87 bits per heavy atom. The Morgan fingerprint density at radius 1 is 1.04 bits per heavy atom. The van der Waals surface area contributed by atoms with Gasteiger partial charge in [0.25, 0.3) is 0 Å². The highest BCUT2D eigenvalue weighted by Crippen LogP contribution is 2.38. The summed E-state index contributed by atoms with van der Waals surface area (Å²) in [6, 6.07) is 7.44. The van der Waals surface area contributed by atoms with Gasteiger partial charge in [0.2, 0.25) is 0 Å². The number of halogens is 3. The Morgan fingerprint density at radius 3 is 2.61 bits per heavy atom. The molecule has 0 saturated carbocycles. The van der Waals surface area contributed by atoms with E-state index in [0.717, 1.165) is 47.1 Å². The van der Waals surface area contributed by atoms with Crippen LogP contribution in [0.15, 0.2) is 30.5 Å². The molecule has 3 N–H and O–H groups in total. The normalized spacial score (nSPS) is 11.3. The van der Waals surface area contributed by atoms with E-state index in [0.29, 0.717) is 21.6 Å². The Balaban J connectivity index is 2.21. The zero-order valence-corrected chi connectivity index (χ0v) is 14.6. The van der Waals surface area contributed by atoms with Crippen molar-refractivity contribution < 1.29 is 0 Å². The zero-order valence-electron chi connectivity index (χ0n) is 12.4. The molecule has 0 aliphatic heterocycles. The van der Waals surface area contributed by atoms with Crippen molar-refractivity contribution in [2.45, 2.75) is 19.3 Å². The fourth-order valence-electron chi connectivity index (χ4n) is 2.74. The van der Waals surface area contributed by atoms with E-state index >= 15 is 0 Å². The lowest BCUT2D eigenvalue weighted by molar-refractivity contribution is 0.748. The van der Waals surface area contributed by atoms with Gasteiger partial charge in [-0.15, -0.1) is 0 Å². The minimum Gasteiger partial charge on any atom is -0.352 e. The summed E-state index contributed by atoms with van der Waals surface area (Å²) in [5.41, 5.74) is 9.20. The lowest BCUT2D eigenvalue weighted by atomic mass is 10.0. The molecule has 6 heteroatoms. The van der Waals surface area contributed by atoms with Crippen molar-refractivity contribution in [1.82, 2.24) is 9.97 Å². The second kappa shape index (κ2) is 7.10. The number of H-pyrrole nitrogens is 1. The number of nitrogens with zero attached hydrogens (tertiary/aromatic N) is 1. The number of hydrogen-bond acceptors (Lipinski definition) is 2. The molecule has 0 aliphatic carbocycles. The number of nitrogens with one attached hydrogen (secondary N) is 1. The topological polar surface area (TPSA) is 54.7 Å². The van der Waals surface area contributed by atoms with Gasteiger partial charge in [-0.25, -0.2) is 0 Å². The van der Waals surface area contributed by atoms with E-state index in [2.05, 4.69) is 9.97 Å². The molecule has 0 atom stereocenters. The van der Waals surface area contributed by atoms with Gasteiger partial charge in [0.05, 0.1) is 26.3 Å². The average Bonchev–Trinajstić information content (AvgIpc) is 2.91. The van der Waals surface area contributed by atoms with Gasteiger partial charge in [-0.3, -0.25) is 4.98 Å². The Bertz CT molecular complexity index is 842. The average molecular weight is 369 g/mol. The van der Waals surface area contributed by atoms with Crippen LogP contribution in [0.3, 0.4) is 0 Å². The van der Waals surface area contributed by atoms with Crippen LogP contribution in [0.4, 0.5) is 0 Å². The number of fused-ring (bicyclic) bond motifs is 1. The second-order valence-electron chi connectivity index (χ2n) is 5.34. The minimum atomic E-state index is 0.516. The van der Waals surface area contributed by atoms with Gasteiger partial charge in [0, 0.05) is 11.6 Å². The van der Waals surface area contributed by atoms with Crippen LogP contribution >= 0.6 is 34.8 Å². The summed E-state index contributed by atoms with van der Waals surface area (Å²) in [4.78, 5) is 7.78. The number of unbranched alkanes of at least 4 members (excludes halogenated alkanes) is 1. The van der Waals surface area contributed by atoms with Crippen molar-refractivity contribution in [2.75, 3.05) is 6.54 Å². The van der Waals surface area contributed by atoms with Crippen molar-refractivity contribution in [3.63, 3.8) is 0 Å². The van der Waals surface area contributed by atoms with E-state index in [9.17, 15) is 0 Å². The molecule has 23 heavy (non-hydrogen) atoms. The fraction of sp³-hybridized carbons (Fsp3) is 0.235. The van der Waals surface area contributed by atoms with Gasteiger partial charge < -0.3 is 10.7 Å². The van der Waals surface area contributed by atoms with Crippen LogP contribution in [0.25, 0.3) is 22.3 Å². The zero-order chi connectivity index (χ0) is 16.4. The summed E-state index contributed by atoms with van der Waals surface area (Å²) in [7, 11) is 0. The van der Waals surface area contributed by atoms with Crippen molar-refractivity contribution in [1.29, 1.82) is 0 Å². The fourth-order valence-corrected chi connectivity index (χ4v) is 3.32. The maximum absolute atomic E-state index is 6.36. The van der Waals surface area contributed by atoms with E-state index in [1.165, 1.54) is 0 Å². The van der Waals surface area contributed by atoms with Gasteiger partial charge in [-0.05, 0) is 49.6 Å². The maximum Gasteiger partial charge on any atom is 0.105 e.